The van der Waals surface area contributed by atoms with Gasteiger partial charge in [-0.15, -0.1) is 0 Å². The Labute approximate surface area is 191 Å². The fourth-order valence-electron chi connectivity index (χ4n) is 3.73. The van der Waals surface area contributed by atoms with Crippen LogP contribution in [-0.2, 0) is 9.59 Å². The van der Waals surface area contributed by atoms with Gasteiger partial charge < -0.3 is 20.1 Å². The molecule has 7 nitrogen and oxygen atoms in total. The molecule has 8 heteroatoms. The molecule has 0 saturated carbocycles. The summed E-state index contributed by atoms with van der Waals surface area (Å²) in [6, 6.07) is 15.8. The minimum absolute atomic E-state index is 0.0717. The van der Waals surface area contributed by atoms with Crippen molar-refractivity contribution in [3.63, 3.8) is 0 Å². The van der Waals surface area contributed by atoms with Crippen molar-refractivity contribution in [3.8, 4) is 17.2 Å². The van der Waals surface area contributed by atoms with E-state index < -0.39 is 23.5 Å². The Bertz CT molecular complexity index is 1270. The maximum atomic E-state index is 13.1. The smallest absolute Gasteiger partial charge is 0.300 e. The summed E-state index contributed by atoms with van der Waals surface area (Å²) in [6.45, 7) is 0. The number of aliphatic hydroxyl groups excluding tert-OH is 1. The number of rotatable bonds is 4. The van der Waals surface area contributed by atoms with Crippen LogP contribution < -0.4 is 9.64 Å². The topological polar surface area (TPSA) is 107 Å². The number of ketones is 1. The van der Waals surface area contributed by atoms with E-state index in [1.807, 2.05) is 0 Å². The fraction of sp³-hybridized carbons (Fsp3) is 0.0833. The first kappa shape index (κ1) is 21.5. The summed E-state index contributed by atoms with van der Waals surface area (Å²) in [5.41, 5.74) is 0.624. The van der Waals surface area contributed by atoms with Crippen LogP contribution in [0.4, 0.5) is 5.69 Å². The Morgan fingerprint density at radius 2 is 1.75 bits per heavy atom. The quantitative estimate of drug-likeness (QED) is 0.279. The Morgan fingerprint density at radius 1 is 1.00 bits per heavy atom. The molecule has 0 aromatic heterocycles. The van der Waals surface area contributed by atoms with Crippen LogP contribution in [0.2, 0.25) is 0 Å². The Kier molecular flexibility index (Phi) is 5.63. The summed E-state index contributed by atoms with van der Waals surface area (Å²) < 4.78 is 5.75. The number of methoxy groups -OCH3 is 1. The molecule has 162 valence electrons. The number of Topliss-reactive ketones (excluding diaryl/α,β-unsaturated/α-hetero) is 1. The predicted octanol–water partition coefficient (Wildman–Crippen LogP) is 4.50. The van der Waals surface area contributed by atoms with Gasteiger partial charge in [0.05, 0.1) is 28.9 Å². The highest BCUT2D eigenvalue weighted by molar-refractivity contribution is 9.10. The lowest BCUT2D eigenvalue weighted by molar-refractivity contribution is -0.132. The summed E-state index contributed by atoms with van der Waals surface area (Å²) in [5, 5.41) is 31.5. The van der Waals surface area contributed by atoms with Gasteiger partial charge in [-0.3, -0.25) is 14.5 Å². The van der Waals surface area contributed by atoms with Crippen molar-refractivity contribution in [2.24, 2.45) is 0 Å². The molecule has 0 radical (unpaired) electrons. The summed E-state index contributed by atoms with van der Waals surface area (Å²) in [4.78, 5) is 27.3. The molecular weight excluding hydrogens is 478 g/mol. The van der Waals surface area contributed by atoms with E-state index in [2.05, 4.69) is 15.9 Å². The van der Waals surface area contributed by atoms with Crippen molar-refractivity contribution in [2.45, 2.75) is 6.04 Å². The van der Waals surface area contributed by atoms with E-state index in [4.69, 9.17) is 4.74 Å². The van der Waals surface area contributed by atoms with Crippen molar-refractivity contribution in [1.82, 2.24) is 0 Å². The van der Waals surface area contributed by atoms with Crippen molar-refractivity contribution < 1.29 is 29.6 Å². The molecule has 0 aliphatic carbocycles. The number of phenols is 2. The predicted molar refractivity (Wildman–Crippen MR) is 122 cm³/mol. The third-order valence-corrected chi connectivity index (χ3v) is 5.82. The van der Waals surface area contributed by atoms with Gasteiger partial charge in [0.25, 0.3) is 11.7 Å². The molecular formula is C24H18BrNO6. The first-order valence-electron chi connectivity index (χ1n) is 9.55. The number of para-hydroxylation sites is 2. The molecule has 1 atom stereocenters. The van der Waals surface area contributed by atoms with Crippen molar-refractivity contribution in [3.05, 3.63) is 87.9 Å². The summed E-state index contributed by atoms with van der Waals surface area (Å²) in [6.07, 6.45) is 0. The Morgan fingerprint density at radius 3 is 2.41 bits per heavy atom. The van der Waals surface area contributed by atoms with Crippen molar-refractivity contribution in [1.29, 1.82) is 0 Å². The number of ether oxygens (including phenoxy) is 1. The monoisotopic (exact) mass is 495 g/mol. The Balaban J connectivity index is 1.97. The van der Waals surface area contributed by atoms with Crippen LogP contribution in [0.1, 0.15) is 17.2 Å². The van der Waals surface area contributed by atoms with Gasteiger partial charge in [0.15, 0.2) is 0 Å². The van der Waals surface area contributed by atoms with Gasteiger partial charge in [0.2, 0.25) is 0 Å². The van der Waals surface area contributed by atoms with E-state index in [9.17, 15) is 24.9 Å². The highest BCUT2D eigenvalue weighted by Crippen LogP contribution is 2.45. The van der Waals surface area contributed by atoms with Gasteiger partial charge >= 0.3 is 0 Å². The number of hydrogen-bond acceptors (Lipinski definition) is 6. The third kappa shape index (κ3) is 3.58. The standard InChI is InChI=1S/C24H18BrNO6/c1-32-19-10-9-14(12-16(19)25)22(29)20-21(13-5-4-6-15(27)11-13)26(24(31)23(20)30)17-7-2-3-8-18(17)28/h2-12,21,27-29H,1H3/b22-20-. The van der Waals surface area contributed by atoms with Crippen LogP contribution >= 0.6 is 15.9 Å². The van der Waals surface area contributed by atoms with E-state index >= 15 is 0 Å². The number of carbonyl (C=O) groups is 2. The number of carbonyl (C=O) groups excluding carboxylic acids is 2. The summed E-state index contributed by atoms with van der Waals surface area (Å²) in [7, 11) is 1.50. The second-order valence-electron chi connectivity index (χ2n) is 7.10. The number of phenolic OH excluding ortho intramolecular Hbond substituents is 2. The molecule has 1 saturated heterocycles. The van der Waals surface area contributed by atoms with E-state index in [-0.39, 0.29) is 28.3 Å². The van der Waals surface area contributed by atoms with Crippen LogP contribution in [-0.4, -0.2) is 34.1 Å². The lowest BCUT2D eigenvalue weighted by Crippen LogP contribution is -2.29. The van der Waals surface area contributed by atoms with Crippen LogP contribution in [0.25, 0.3) is 5.76 Å². The molecule has 3 aromatic carbocycles. The zero-order chi connectivity index (χ0) is 23.0. The van der Waals surface area contributed by atoms with Crippen LogP contribution in [0.15, 0.2) is 76.8 Å². The van der Waals surface area contributed by atoms with Gasteiger partial charge in [-0.05, 0) is 64.0 Å². The molecule has 4 rings (SSSR count). The van der Waals surface area contributed by atoms with Crippen LogP contribution in [0, 0.1) is 0 Å². The number of aromatic hydroxyl groups is 2. The number of hydrogen-bond donors (Lipinski definition) is 3. The lowest BCUT2D eigenvalue weighted by atomic mass is 9.95. The number of amides is 1. The van der Waals surface area contributed by atoms with Gasteiger partial charge in [-0.25, -0.2) is 0 Å². The summed E-state index contributed by atoms with van der Waals surface area (Å²) in [5.74, 6) is -1.96. The second-order valence-corrected chi connectivity index (χ2v) is 7.96. The van der Waals surface area contributed by atoms with E-state index in [1.54, 1.807) is 42.5 Å². The zero-order valence-corrected chi connectivity index (χ0v) is 18.4. The maximum absolute atomic E-state index is 13.1. The molecule has 1 fully saturated rings. The third-order valence-electron chi connectivity index (χ3n) is 5.20. The molecule has 1 unspecified atom stereocenters. The number of aliphatic hydroxyl groups is 1. The van der Waals surface area contributed by atoms with Crippen LogP contribution in [0.5, 0.6) is 17.2 Å². The molecule has 1 heterocycles. The molecule has 1 aliphatic heterocycles. The SMILES string of the molecule is COc1ccc(/C(O)=C2/C(=O)C(=O)N(c3ccccc3O)C2c2cccc(O)c2)cc1Br. The van der Waals surface area contributed by atoms with Gasteiger partial charge in [-0.1, -0.05) is 24.3 Å². The average molecular weight is 496 g/mol. The molecule has 0 bridgehead atoms. The molecule has 1 amide bonds. The molecule has 0 spiro atoms. The zero-order valence-electron chi connectivity index (χ0n) is 16.8. The van der Waals surface area contributed by atoms with Gasteiger partial charge in [-0.2, -0.15) is 0 Å². The second kappa shape index (κ2) is 8.39. The summed E-state index contributed by atoms with van der Waals surface area (Å²) >= 11 is 3.35. The fourth-order valence-corrected chi connectivity index (χ4v) is 4.27. The van der Waals surface area contributed by atoms with Gasteiger partial charge in [0.1, 0.15) is 23.0 Å². The van der Waals surface area contributed by atoms with Gasteiger partial charge in [0, 0.05) is 5.56 Å². The molecule has 3 aromatic rings. The molecule has 1 aliphatic rings. The Hall–Kier alpha value is -3.78. The first-order chi connectivity index (χ1) is 15.3. The van der Waals surface area contributed by atoms with Crippen LogP contribution in [0.3, 0.4) is 0 Å². The highest BCUT2D eigenvalue weighted by atomic mass is 79.9. The van der Waals surface area contributed by atoms with Crippen molar-refractivity contribution >= 4 is 39.1 Å². The minimum Gasteiger partial charge on any atom is -0.508 e. The maximum Gasteiger partial charge on any atom is 0.300 e. The number of halogens is 1. The number of nitrogens with zero attached hydrogens (tertiary/aromatic N) is 1. The number of anilines is 1. The first-order valence-corrected chi connectivity index (χ1v) is 10.3. The normalized spacial score (nSPS) is 17.6. The van der Waals surface area contributed by atoms with Crippen molar-refractivity contribution in [2.75, 3.05) is 12.0 Å². The molecule has 32 heavy (non-hydrogen) atoms. The largest absolute Gasteiger partial charge is 0.508 e. The number of benzene rings is 3. The lowest BCUT2D eigenvalue weighted by Gasteiger charge is -2.26. The highest BCUT2D eigenvalue weighted by Gasteiger charge is 2.47. The van der Waals surface area contributed by atoms with E-state index in [1.165, 1.54) is 31.4 Å². The average Bonchev–Trinajstić information content (AvgIpc) is 3.04. The van der Waals surface area contributed by atoms with E-state index in [0.29, 0.717) is 15.8 Å². The van der Waals surface area contributed by atoms with E-state index in [0.717, 1.165) is 4.90 Å². The molecule has 3 N–H and O–H groups in total. The minimum atomic E-state index is -1.07.